The van der Waals surface area contributed by atoms with Gasteiger partial charge in [0.1, 0.15) is 16.9 Å². The van der Waals surface area contributed by atoms with E-state index in [1.807, 2.05) is 62.6 Å². The molecule has 0 aromatic heterocycles. The van der Waals surface area contributed by atoms with Crippen molar-refractivity contribution in [1.82, 2.24) is 4.90 Å². The van der Waals surface area contributed by atoms with Gasteiger partial charge < -0.3 is 14.7 Å². The Morgan fingerprint density at radius 2 is 1.56 bits per heavy atom. The number of nitrogens with zero attached hydrogens (tertiary/aromatic N) is 1. The van der Waals surface area contributed by atoms with Crippen LogP contribution < -0.4 is 4.74 Å². The van der Waals surface area contributed by atoms with Crippen LogP contribution in [0.5, 0.6) is 5.75 Å². The molecule has 3 nitrogen and oxygen atoms in total. The van der Waals surface area contributed by atoms with Gasteiger partial charge >= 0.3 is 0 Å². The second kappa shape index (κ2) is 11.0. The van der Waals surface area contributed by atoms with Gasteiger partial charge in [-0.1, -0.05) is 82.7 Å². The van der Waals surface area contributed by atoms with E-state index in [1.165, 1.54) is 0 Å². The Balaban J connectivity index is 1.91. The van der Waals surface area contributed by atoms with Crippen molar-refractivity contribution in [3.05, 3.63) is 112 Å². The normalized spacial score (nSPS) is 14.2. The molecule has 0 bridgehead atoms. The van der Waals surface area contributed by atoms with E-state index in [2.05, 4.69) is 79.2 Å². The minimum absolute atomic E-state index is 0.250. The van der Waals surface area contributed by atoms with Crippen molar-refractivity contribution in [2.24, 2.45) is 0 Å². The quantitative estimate of drug-likeness (QED) is 0.210. The minimum Gasteiger partial charge on any atom is -0.482 e. The van der Waals surface area contributed by atoms with Gasteiger partial charge in [-0.05, 0) is 88.2 Å². The lowest BCUT2D eigenvalue weighted by Crippen LogP contribution is -2.37. The van der Waals surface area contributed by atoms with Crippen LogP contribution in [0, 0.1) is 0 Å². The maximum absolute atomic E-state index is 12.5. The molecule has 4 aromatic carbocycles. The first kappa shape index (κ1) is 24.9. The predicted octanol–water partition coefficient (Wildman–Crippen LogP) is 7.30. The largest absolute Gasteiger partial charge is 0.482 e. The van der Waals surface area contributed by atoms with Crippen molar-refractivity contribution >= 4 is 42.6 Å². The lowest BCUT2D eigenvalue weighted by molar-refractivity contribution is 0.00450. The lowest BCUT2D eigenvalue weighted by Gasteiger charge is -2.38. The highest BCUT2D eigenvalue weighted by Gasteiger charge is 2.40. The number of rotatable bonds is 9. The molecule has 0 aliphatic carbocycles. The summed E-state index contributed by atoms with van der Waals surface area (Å²) in [5.74, 6) is 0.563. The number of hydrogen-bond donors (Lipinski definition) is 1. The van der Waals surface area contributed by atoms with Gasteiger partial charge in [0.05, 0.1) is 0 Å². The van der Waals surface area contributed by atoms with Gasteiger partial charge in [0.15, 0.2) is 0 Å². The van der Waals surface area contributed by atoms with Gasteiger partial charge in [0.2, 0.25) is 0 Å². The summed E-state index contributed by atoms with van der Waals surface area (Å²) in [5.41, 5.74) is 2.39. The fourth-order valence-electron chi connectivity index (χ4n) is 4.55. The Labute approximate surface area is 218 Å². The first-order valence-electron chi connectivity index (χ1n) is 11.3. The maximum atomic E-state index is 12.5. The van der Waals surface area contributed by atoms with E-state index in [4.69, 9.17) is 4.74 Å². The van der Waals surface area contributed by atoms with Crippen LogP contribution in [0.25, 0.3) is 10.8 Å². The van der Waals surface area contributed by atoms with Crippen molar-refractivity contribution in [3.63, 3.8) is 0 Å². The fraction of sp³-hybridized carbons (Fsp3) is 0.241. The summed E-state index contributed by atoms with van der Waals surface area (Å²) < 4.78 is 6.66. The maximum Gasteiger partial charge on any atom is 0.143 e. The van der Waals surface area contributed by atoms with Crippen LogP contribution in [0.3, 0.4) is 0 Å². The van der Waals surface area contributed by atoms with Crippen LogP contribution in [0.15, 0.2) is 95.5 Å². The van der Waals surface area contributed by atoms with Gasteiger partial charge in [0, 0.05) is 16.9 Å². The summed E-state index contributed by atoms with van der Waals surface area (Å²) in [7, 11) is 4.09. The number of alkyl halides is 1. The van der Waals surface area contributed by atoms with Crippen molar-refractivity contribution in [2.45, 2.75) is 17.9 Å². The summed E-state index contributed by atoms with van der Waals surface area (Å²) >= 11 is 6.88. The molecule has 0 saturated heterocycles. The molecule has 0 fully saturated rings. The predicted molar refractivity (Wildman–Crippen MR) is 148 cm³/mol. The first-order chi connectivity index (χ1) is 16.4. The number of halogens is 2. The van der Waals surface area contributed by atoms with Crippen LogP contribution in [-0.2, 0) is 5.60 Å². The standard InChI is InChI=1S/C29H29Br2NO2/c1-32(2)17-16-29(33,25-11-13-26(31)14-12-25)28(22-6-4-3-5-7-22)23-9-8-21-10-15-27(34-20-30)19-24(21)18-23/h3-15,18-19,28,33H,16-17,20H2,1-2H3. The molecule has 1 N–H and O–H groups in total. The van der Waals surface area contributed by atoms with Crippen molar-refractivity contribution < 1.29 is 9.84 Å². The summed E-state index contributed by atoms with van der Waals surface area (Å²) in [4.78, 5) is 2.12. The Hall–Kier alpha value is -2.18. The van der Waals surface area contributed by atoms with Crippen molar-refractivity contribution in [2.75, 3.05) is 26.2 Å². The zero-order valence-corrected chi connectivity index (χ0v) is 22.6. The van der Waals surface area contributed by atoms with Crippen LogP contribution >= 0.6 is 31.9 Å². The van der Waals surface area contributed by atoms with E-state index in [0.717, 1.165) is 44.2 Å². The van der Waals surface area contributed by atoms with Crippen molar-refractivity contribution in [3.8, 4) is 5.75 Å². The summed E-state index contributed by atoms with van der Waals surface area (Å²) in [6.07, 6.45) is 0.589. The number of hydrogen-bond acceptors (Lipinski definition) is 3. The van der Waals surface area contributed by atoms with E-state index in [-0.39, 0.29) is 5.92 Å². The van der Waals surface area contributed by atoms with Gasteiger partial charge in [-0.2, -0.15) is 0 Å². The summed E-state index contributed by atoms with van der Waals surface area (Å²) in [6.45, 7) is 0.757. The lowest BCUT2D eigenvalue weighted by atomic mass is 9.71. The third-order valence-corrected chi connectivity index (χ3v) is 7.04. The van der Waals surface area contributed by atoms with Gasteiger partial charge in [0.25, 0.3) is 0 Å². The molecule has 4 aromatic rings. The van der Waals surface area contributed by atoms with E-state index in [9.17, 15) is 5.11 Å². The molecule has 0 saturated carbocycles. The summed E-state index contributed by atoms with van der Waals surface area (Å²) in [6, 6.07) is 30.9. The number of aliphatic hydroxyl groups is 1. The molecule has 5 heteroatoms. The second-order valence-corrected chi connectivity index (χ2v) is 10.2. The second-order valence-electron chi connectivity index (χ2n) is 8.85. The number of benzene rings is 4. The van der Waals surface area contributed by atoms with Crippen molar-refractivity contribution in [1.29, 1.82) is 0 Å². The Bertz CT molecular complexity index is 1230. The SMILES string of the molecule is CN(C)CCC(O)(c1ccc(Br)cc1)C(c1ccccc1)c1ccc2ccc(OCBr)cc2c1. The smallest absolute Gasteiger partial charge is 0.143 e. The number of fused-ring (bicyclic) bond motifs is 1. The summed E-state index contributed by atoms with van der Waals surface area (Å²) in [5, 5.41) is 14.7. The molecule has 176 valence electrons. The first-order valence-corrected chi connectivity index (χ1v) is 13.2. The molecule has 2 atom stereocenters. The van der Waals surface area contributed by atoms with Crippen LogP contribution in [0.4, 0.5) is 0 Å². The highest BCUT2D eigenvalue weighted by Crippen LogP contribution is 2.45. The zero-order chi connectivity index (χ0) is 24.1. The molecule has 34 heavy (non-hydrogen) atoms. The highest BCUT2D eigenvalue weighted by atomic mass is 79.9. The minimum atomic E-state index is -1.11. The molecule has 0 aliphatic heterocycles. The molecular weight excluding hydrogens is 554 g/mol. The van der Waals surface area contributed by atoms with Gasteiger partial charge in [-0.3, -0.25) is 0 Å². The molecule has 2 unspecified atom stereocenters. The van der Waals surface area contributed by atoms with Crippen LogP contribution in [0.1, 0.15) is 29.0 Å². The Morgan fingerprint density at radius 3 is 2.24 bits per heavy atom. The highest BCUT2D eigenvalue weighted by molar-refractivity contribution is 9.10. The average Bonchev–Trinajstić information content (AvgIpc) is 2.84. The van der Waals surface area contributed by atoms with Gasteiger partial charge in [-0.15, -0.1) is 0 Å². The van der Waals surface area contributed by atoms with E-state index in [0.29, 0.717) is 11.9 Å². The monoisotopic (exact) mass is 581 g/mol. The van der Waals surface area contributed by atoms with E-state index < -0.39 is 5.60 Å². The topological polar surface area (TPSA) is 32.7 Å². The van der Waals surface area contributed by atoms with Crippen LogP contribution in [-0.4, -0.2) is 36.2 Å². The molecule has 0 heterocycles. The average molecular weight is 583 g/mol. The zero-order valence-electron chi connectivity index (χ0n) is 19.4. The number of ether oxygens (including phenoxy) is 1. The molecule has 0 radical (unpaired) electrons. The van der Waals surface area contributed by atoms with E-state index >= 15 is 0 Å². The third kappa shape index (κ3) is 5.55. The molecular formula is C29H29Br2NO2. The Morgan fingerprint density at radius 1 is 0.853 bits per heavy atom. The molecule has 0 aliphatic rings. The van der Waals surface area contributed by atoms with Crippen LogP contribution in [0.2, 0.25) is 0 Å². The molecule has 0 amide bonds. The van der Waals surface area contributed by atoms with E-state index in [1.54, 1.807) is 0 Å². The molecule has 0 spiro atoms. The third-order valence-electron chi connectivity index (χ3n) is 6.29. The Kier molecular flexibility index (Phi) is 8.10. The van der Waals surface area contributed by atoms with Gasteiger partial charge in [-0.25, -0.2) is 0 Å². The molecule has 4 rings (SSSR count). The fourth-order valence-corrected chi connectivity index (χ4v) is 5.08.